The molecule has 0 atom stereocenters. The van der Waals surface area contributed by atoms with E-state index in [1.165, 1.54) is 82.8 Å². The molecule has 0 aromatic heterocycles. The molecule has 2 saturated carbocycles. The van der Waals surface area contributed by atoms with E-state index in [4.69, 9.17) is 0 Å². The van der Waals surface area contributed by atoms with Gasteiger partial charge < -0.3 is 4.74 Å². The molecule has 2 aliphatic carbocycles. The molecule has 29 heavy (non-hydrogen) atoms. The van der Waals surface area contributed by atoms with Crippen LogP contribution in [0.2, 0.25) is 0 Å². The molecule has 1 nitrogen and oxygen atoms in total. The first-order valence-corrected chi connectivity index (χ1v) is 11.7. The van der Waals surface area contributed by atoms with E-state index < -0.39 is 6.36 Å². The van der Waals surface area contributed by atoms with Gasteiger partial charge in [0.25, 0.3) is 0 Å². The van der Waals surface area contributed by atoms with Gasteiger partial charge in [0, 0.05) is 0 Å². The fraction of sp³-hybridized carbons (Fsp3) is 0.760. The van der Waals surface area contributed by atoms with E-state index in [1.54, 1.807) is 0 Å². The summed E-state index contributed by atoms with van der Waals surface area (Å²) < 4.78 is 40.9. The third kappa shape index (κ3) is 7.22. The molecule has 0 aliphatic heterocycles. The van der Waals surface area contributed by atoms with Crippen LogP contribution in [-0.4, -0.2) is 6.36 Å². The van der Waals surface area contributed by atoms with E-state index >= 15 is 0 Å². The molecule has 2 aliphatic rings. The fourth-order valence-electron chi connectivity index (χ4n) is 5.63. The summed E-state index contributed by atoms with van der Waals surface area (Å²) in [6.45, 7) is 4.63. The summed E-state index contributed by atoms with van der Waals surface area (Å²) in [6, 6.07) is 6.54. The predicted molar refractivity (Wildman–Crippen MR) is 112 cm³/mol. The van der Waals surface area contributed by atoms with Gasteiger partial charge in [-0.25, -0.2) is 0 Å². The third-order valence-electron chi connectivity index (χ3n) is 7.31. The summed E-state index contributed by atoms with van der Waals surface area (Å²) >= 11 is 0. The van der Waals surface area contributed by atoms with Gasteiger partial charge in [0.05, 0.1) is 0 Å². The Kier molecular flexibility index (Phi) is 7.92. The minimum Gasteiger partial charge on any atom is -0.406 e. The minimum absolute atomic E-state index is 0.125. The third-order valence-corrected chi connectivity index (χ3v) is 7.31. The van der Waals surface area contributed by atoms with Gasteiger partial charge in [-0.05, 0) is 85.8 Å². The molecule has 1 aromatic rings. The summed E-state index contributed by atoms with van der Waals surface area (Å²) in [5.74, 6) is 3.91. The van der Waals surface area contributed by atoms with E-state index in [0.29, 0.717) is 5.92 Å². The van der Waals surface area contributed by atoms with Gasteiger partial charge in [0.15, 0.2) is 0 Å². The van der Waals surface area contributed by atoms with Crippen LogP contribution < -0.4 is 4.74 Å². The smallest absolute Gasteiger partial charge is 0.406 e. The molecule has 0 amide bonds. The van der Waals surface area contributed by atoms with Crippen molar-refractivity contribution in [1.29, 1.82) is 0 Å². The van der Waals surface area contributed by atoms with Crippen molar-refractivity contribution in [2.75, 3.05) is 0 Å². The molecular weight excluding hydrogens is 373 g/mol. The highest BCUT2D eigenvalue weighted by atomic mass is 19.4. The molecule has 4 heteroatoms. The molecule has 0 N–H and O–H groups in total. The van der Waals surface area contributed by atoms with Gasteiger partial charge in [-0.2, -0.15) is 0 Å². The van der Waals surface area contributed by atoms with Crippen molar-refractivity contribution in [3.8, 4) is 5.75 Å². The average molecular weight is 411 g/mol. The molecule has 0 saturated heterocycles. The SMILES string of the molecule is CC(C)CCCC1CCC(C2CCC(c3ccc(OC(F)(F)F)cc3)CC2)CC1. The monoisotopic (exact) mass is 410 g/mol. The Bertz CT molecular complexity index is 591. The number of rotatable bonds is 7. The molecule has 0 spiro atoms. The second kappa shape index (κ2) is 10.2. The number of benzene rings is 1. The molecule has 2 fully saturated rings. The van der Waals surface area contributed by atoms with Crippen molar-refractivity contribution in [2.24, 2.45) is 23.7 Å². The Labute approximate surface area is 174 Å². The van der Waals surface area contributed by atoms with E-state index in [2.05, 4.69) is 18.6 Å². The summed E-state index contributed by atoms with van der Waals surface area (Å²) in [5, 5.41) is 0. The van der Waals surface area contributed by atoms with E-state index in [0.717, 1.165) is 29.2 Å². The highest BCUT2D eigenvalue weighted by Gasteiger charge is 2.32. The number of ether oxygens (including phenoxy) is 1. The molecule has 0 radical (unpaired) electrons. The van der Waals surface area contributed by atoms with Gasteiger partial charge in [0.2, 0.25) is 0 Å². The second-order valence-corrected chi connectivity index (χ2v) is 9.83. The summed E-state index contributed by atoms with van der Waals surface area (Å²) in [4.78, 5) is 0. The van der Waals surface area contributed by atoms with Crippen LogP contribution in [0.25, 0.3) is 0 Å². The van der Waals surface area contributed by atoms with Crippen LogP contribution >= 0.6 is 0 Å². The van der Waals surface area contributed by atoms with Gasteiger partial charge in [0.1, 0.15) is 5.75 Å². The Morgan fingerprint density at radius 1 is 0.862 bits per heavy atom. The van der Waals surface area contributed by atoms with Crippen LogP contribution in [0, 0.1) is 23.7 Å². The lowest BCUT2D eigenvalue weighted by Crippen LogP contribution is -2.25. The normalized spacial score (nSPS) is 28.5. The number of alkyl halides is 3. The first kappa shape index (κ1) is 22.5. The van der Waals surface area contributed by atoms with Crippen LogP contribution in [0.5, 0.6) is 5.75 Å². The van der Waals surface area contributed by atoms with Gasteiger partial charge in [-0.3, -0.25) is 0 Å². The number of hydrogen-bond donors (Lipinski definition) is 0. The molecule has 0 unspecified atom stereocenters. The molecule has 0 bridgehead atoms. The van der Waals surface area contributed by atoms with Gasteiger partial charge in [-0.15, -0.1) is 13.2 Å². The minimum atomic E-state index is -4.62. The zero-order valence-corrected chi connectivity index (χ0v) is 18.0. The largest absolute Gasteiger partial charge is 0.573 e. The lowest BCUT2D eigenvalue weighted by molar-refractivity contribution is -0.274. The topological polar surface area (TPSA) is 9.23 Å². The van der Waals surface area contributed by atoms with E-state index in [1.807, 2.05) is 12.1 Å². The maximum atomic E-state index is 12.3. The lowest BCUT2D eigenvalue weighted by Gasteiger charge is -2.38. The van der Waals surface area contributed by atoms with E-state index in [9.17, 15) is 13.2 Å². The molecule has 1 aromatic carbocycles. The first-order chi connectivity index (χ1) is 13.8. The van der Waals surface area contributed by atoms with Crippen molar-refractivity contribution in [3.05, 3.63) is 29.8 Å². The lowest BCUT2D eigenvalue weighted by atomic mass is 9.68. The highest BCUT2D eigenvalue weighted by molar-refractivity contribution is 5.29. The quantitative estimate of drug-likeness (QED) is 0.438. The predicted octanol–water partition coefficient (Wildman–Crippen LogP) is 8.49. The van der Waals surface area contributed by atoms with Gasteiger partial charge in [-0.1, -0.05) is 58.1 Å². The van der Waals surface area contributed by atoms with Crippen LogP contribution in [0.1, 0.15) is 96.0 Å². The Morgan fingerprint density at radius 3 is 1.93 bits per heavy atom. The van der Waals surface area contributed by atoms with Crippen LogP contribution in [-0.2, 0) is 0 Å². The van der Waals surface area contributed by atoms with Crippen LogP contribution in [0.15, 0.2) is 24.3 Å². The van der Waals surface area contributed by atoms with Crippen LogP contribution in [0.3, 0.4) is 0 Å². The Hall–Kier alpha value is -1.19. The Balaban J connectivity index is 1.39. The maximum Gasteiger partial charge on any atom is 0.573 e. The number of halogens is 3. The Morgan fingerprint density at radius 2 is 1.41 bits per heavy atom. The van der Waals surface area contributed by atoms with Crippen molar-refractivity contribution < 1.29 is 17.9 Å². The van der Waals surface area contributed by atoms with Crippen molar-refractivity contribution in [1.82, 2.24) is 0 Å². The number of hydrogen-bond acceptors (Lipinski definition) is 1. The average Bonchev–Trinajstić information content (AvgIpc) is 2.68. The van der Waals surface area contributed by atoms with Crippen molar-refractivity contribution in [2.45, 2.75) is 96.8 Å². The van der Waals surface area contributed by atoms with Gasteiger partial charge >= 0.3 is 6.36 Å². The van der Waals surface area contributed by atoms with E-state index in [-0.39, 0.29) is 5.75 Å². The molecule has 0 heterocycles. The standard InChI is InChI=1S/C25H37F3O/c1-18(2)4-3-5-19-6-8-20(9-7-19)21-10-12-22(13-11-21)23-14-16-24(17-15-23)29-25(26,27)28/h14-22H,3-13H2,1-2H3. The summed E-state index contributed by atoms with van der Waals surface area (Å²) in [7, 11) is 0. The van der Waals surface area contributed by atoms with Crippen molar-refractivity contribution in [3.63, 3.8) is 0 Å². The van der Waals surface area contributed by atoms with Crippen molar-refractivity contribution >= 4 is 0 Å². The molecular formula is C25H37F3O. The maximum absolute atomic E-state index is 12.3. The zero-order valence-electron chi connectivity index (χ0n) is 18.0. The highest BCUT2D eigenvalue weighted by Crippen LogP contribution is 2.44. The molecule has 3 rings (SSSR count). The molecule has 164 valence electrons. The summed E-state index contributed by atoms with van der Waals surface area (Å²) in [5.41, 5.74) is 1.16. The zero-order chi connectivity index (χ0) is 20.9. The van der Waals surface area contributed by atoms with Crippen LogP contribution in [0.4, 0.5) is 13.2 Å². The fourth-order valence-corrected chi connectivity index (χ4v) is 5.63. The first-order valence-electron chi connectivity index (χ1n) is 11.7. The second-order valence-electron chi connectivity index (χ2n) is 9.83. The summed E-state index contributed by atoms with van der Waals surface area (Å²) in [6.07, 6.45) is 10.1.